The van der Waals surface area contributed by atoms with E-state index in [4.69, 9.17) is 4.74 Å². The Morgan fingerprint density at radius 2 is 1.71 bits per heavy atom. The molecule has 1 aromatic rings. The molecule has 0 aromatic carbocycles. The van der Waals surface area contributed by atoms with Crippen LogP contribution < -0.4 is 5.32 Å². The van der Waals surface area contributed by atoms with E-state index >= 15 is 0 Å². The van der Waals surface area contributed by atoms with Gasteiger partial charge in [-0.2, -0.15) is 0 Å². The Morgan fingerprint density at radius 3 is 2.36 bits per heavy atom. The van der Waals surface area contributed by atoms with Gasteiger partial charge in [-0.1, -0.05) is 25.7 Å². The number of amides is 2. The van der Waals surface area contributed by atoms with Crippen LogP contribution in [0, 0.1) is 6.92 Å². The maximum Gasteiger partial charge on any atom is 0.409 e. The second-order valence-corrected chi connectivity index (χ2v) is 7.53. The van der Waals surface area contributed by atoms with Crippen LogP contribution in [0.25, 0.3) is 0 Å². The highest BCUT2D eigenvalue weighted by molar-refractivity contribution is 5.92. The molecule has 3 rings (SSSR count). The average Bonchev–Trinajstić information content (AvgIpc) is 2.96. The molecule has 2 heterocycles. The lowest BCUT2D eigenvalue weighted by Crippen LogP contribution is -2.50. The summed E-state index contributed by atoms with van der Waals surface area (Å²) in [7, 11) is 0. The van der Waals surface area contributed by atoms with Gasteiger partial charge in [0.15, 0.2) is 0 Å². The van der Waals surface area contributed by atoms with E-state index in [1.807, 2.05) is 6.92 Å². The molecule has 0 atom stereocenters. The van der Waals surface area contributed by atoms with Gasteiger partial charge in [-0.15, -0.1) is 0 Å². The van der Waals surface area contributed by atoms with Crippen molar-refractivity contribution in [2.75, 3.05) is 38.1 Å². The zero-order chi connectivity index (χ0) is 19.9. The third-order valence-corrected chi connectivity index (χ3v) is 5.35. The van der Waals surface area contributed by atoms with Crippen molar-refractivity contribution in [1.82, 2.24) is 19.8 Å². The minimum absolute atomic E-state index is 0.113. The van der Waals surface area contributed by atoms with Crippen LogP contribution >= 0.6 is 0 Å². The molecule has 8 nitrogen and oxygen atoms in total. The van der Waals surface area contributed by atoms with E-state index in [1.54, 1.807) is 22.8 Å². The number of carbonyl (C=O) groups is 2. The Bertz CT molecular complexity index is 680. The number of rotatable bonds is 4. The van der Waals surface area contributed by atoms with E-state index in [2.05, 4.69) is 15.3 Å². The Balaban J connectivity index is 1.62. The first kappa shape index (κ1) is 20.4. The van der Waals surface area contributed by atoms with Crippen molar-refractivity contribution in [2.45, 2.75) is 58.4 Å². The maximum absolute atomic E-state index is 12.9. The molecular weight excluding hydrogens is 358 g/mol. The summed E-state index contributed by atoms with van der Waals surface area (Å²) >= 11 is 0. The number of aromatic nitrogens is 2. The molecule has 1 aromatic heterocycles. The molecule has 0 radical (unpaired) electrons. The summed E-state index contributed by atoms with van der Waals surface area (Å²) in [5.74, 6) is 0.429. The van der Waals surface area contributed by atoms with Crippen molar-refractivity contribution in [2.24, 2.45) is 0 Å². The third kappa shape index (κ3) is 5.33. The van der Waals surface area contributed by atoms with E-state index in [0.29, 0.717) is 50.5 Å². The molecule has 1 aliphatic carbocycles. The van der Waals surface area contributed by atoms with E-state index in [1.165, 1.54) is 25.7 Å². The Morgan fingerprint density at radius 1 is 1.07 bits per heavy atom. The van der Waals surface area contributed by atoms with Crippen LogP contribution in [-0.2, 0) is 4.74 Å². The van der Waals surface area contributed by atoms with Gasteiger partial charge in [0.05, 0.1) is 6.61 Å². The highest BCUT2D eigenvalue weighted by Crippen LogP contribution is 2.20. The van der Waals surface area contributed by atoms with Gasteiger partial charge in [0.25, 0.3) is 5.91 Å². The number of piperazine rings is 1. The first-order valence-electron chi connectivity index (χ1n) is 10.4. The fraction of sp³-hybridized carbons (Fsp3) is 0.700. The first-order chi connectivity index (χ1) is 13.6. The normalized spacial score (nSPS) is 18.5. The average molecular weight is 390 g/mol. The van der Waals surface area contributed by atoms with Crippen molar-refractivity contribution < 1.29 is 14.3 Å². The molecule has 0 bridgehead atoms. The molecule has 1 aliphatic heterocycles. The topological polar surface area (TPSA) is 87.7 Å². The van der Waals surface area contributed by atoms with Gasteiger partial charge in [0.2, 0.25) is 5.95 Å². The summed E-state index contributed by atoms with van der Waals surface area (Å²) in [4.78, 5) is 37.1. The monoisotopic (exact) mass is 389 g/mol. The van der Waals surface area contributed by atoms with Gasteiger partial charge in [-0.05, 0) is 32.8 Å². The number of anilines is 1. The quantitative estimate of drug-likeness (QED) is 0.797. The standard InChI is InChI=1S/C20H31N5O3/c1-3-28-20(27)25-12-10-24(11-13-25)18(26)17-14-15(2)21-19(23-17)22-16-8-6-4-5-7-9-16/h14,16H,3-13H2,1-2H3,(H,21,22,23). The number of nitrogens with one attached hydrogen (secondary N) is 1. The zero-order valence-electron chi connectivity index (χ0n) is 16.9. The summed E-state index contributed by atoms with van der Waals surface area (Å²) in [6.45, 7) is 5.93. The van der Waals surface area contributed by atoms with Gasteiger partial charge in [-0.25, -0.2) is 14.8 Å². The van der Waals surface area contributed by atoms with E-state index in [9.17, 15) is 9.59 Å². The minimum Gasteiger partial charge on any atom is -0.450 e. The van der Waals surface area contributed by atoms with Crippen LogP contribution in [0.3, 0.4) is 0 Å². The second-order valence-electron chi connectivity index (χ2n) is 7.53. The van der Waals surface area contributed by atoms with Gasteiger partial charge < -0.3 is 19.9 Å². The maximum atomic E-state index is 12.9. The highest BCUT2D eigenvalue weighted by Gasteiger charge is 2.26. The van der Waals surface area contributed by atoms with Gasteiger partial charge in [0, 0.05) is 37.9 Å². The molecule has 1 saturated carbocycles. The molecule has 8 heteroatoms. The predicted octanol–water partition coefficient (Wildman–Crippen LogP) is 2.83. The highest BCUT2D eigenvalue weighted by atomic mass is 16.6. The second kappa shape index (κ2) is 9.71. The van der Waals surface area contributed by atoms with Crippen LogP contribution in [0.5, 0.6) is 0 Å². The van der Waals surface area contributed by atoms with E-state index in [-0.39, 0.29) is 12.0 Å². The Kier molecular flexibility index (Phi) is 7.06. The van der Waals surface area contributed by atoms with Gasteiger partial charge in [-0.3, -0.25) is 4.79 Å². The third-order valence-electron chi connectivity index (χ3n) is 5.35. The molecule has 0 spiro atoms. The Labute approximate surface area is 166 Å². The van der Waals surface area contributed by atoms with Crippen LogP contribution in [-0.4, -0.2) is 70.6 Å². The number of carbonyl (C=O) groups excluding carboxylic acids is 2. The van der Waals surface area contributed by atoms with Gasteiger partial charge >= 0.3 is 6.09 Å². The van der Waals surface area contributed by atoms with Crippen LogP contribution in [0.15, 0.2) is 6.07 Å². The SMILES string of the molecule is CCOC(=O)N1CCN(C(=O)c2cc(C)nc(NC3CCCCCC3)n2)CC1. The van der Waals surface area contributed by atoms with Crippen molar-refractivity contribution in [1.29, 1.82) is 0 Å². The lowest BCUT2D eigenvalue weighted by molar-refractivity contribution is 0.0566. The first-order valence-corrected chi connectivity index (χ1v) is 10.4. The summed E-state index contributed by atoms with van der Waals surface area (Å²) < 4.78 is 5.03. The molecule has 2 fully saturated rings. The number of hydrogen-bond donors (Lipinski definition) is 1. The number of aryl methyl sites for hydroxylation is 1. The van der Waals surface area contributed by atoms with Crippen molar-refractivity contribution >= 4 is 17.9 Å². The van der Waals surface area contributed by atoms with E-state index in [0.717, 1.165) is 18.5 Å². The zero-order valence-corrected chi connectivity index (χ0v) is 16.9. The molecule has 1 N–H and O–H groups in total. The van der Waals surface area contributed by atoms with E-state index < -0.39 is 0 Å². The van der Waals surface area contributed by atoms with Crippen molar-refractivity contribution in [3.05, 3.63) is 17.5 Å². The number of nitrogens with zero attached hydrogens (tertiary/aromatic N) is 4. The lowest BCUT2D eigenvalue weighted by Gasteiger charge is -2.33. The summed E-state index contributed by atoms with van der Waals surface area (Å²) in [5.41, 5.74) is 1.19. The summed E-state index contributed by atoms with van der Waals surface area (Å²) in [5, 5.41) is 3.43. The van der Waals surface area contributed by atoms with Crippen LogP contribution in [0.4, 0.5) is 10.7 Å². The fourth-order valence-corrected chi connectivity index (χ4v) is 3.82. The molecule has 2 amide bonds. The smallest absolute Gasteiger partial charge is 0.409 e. The summed E-state index contributed by atoms with van der Waals surface area (Å²) in [6, 6.07) is 2.11. The number of hydrogen-bond acceptors (Lipinski definition) is 6. The van der Waals surface area contributed by atoms with Gasteiger partial charge in [0.1, 0.15) is 5.69 Å². The molecular formula is C20H31N5O3. The summed E-state index contributed by atoms with van der Waals surface area (Å²) in [6.07, 6.45) is 6.94. The molecule has 154 valence electrons. The lowest BCUT2D eigenvalue weighted by atomic mass is 10.1. The van der Waals surface area contributed by atoms with Crippen molar-refractivity contribution in [3.8, 4) is 0 Å². The van der Waals surface area contributed by atoms with Crippen LogP contribution in [0.1, 0.15) is 61.6 Å². The fourth-order valence-electron chi connectivity index (χ4n) is 3.82. The van der Waals surface area contributed by atoms with Crippen molar-refractivity contribution in [3.63, 3.8) is 0 Å². The molecule has 28 heavy (non-hydrogen) atoms. The molecule has 2 aliphatic rings. The minimum atomic E-state index is -0.317. The number of ether oxygens (including phenoxy) is 1. The predicted molar refractivity (Wildman–Crippen MR) is 106 cm³/mol. The Hall–Kier alpha value is -2.38. The molecule has 0 unspecified atom stereocenters. The molecule has 1 saturated heterocycles. The van der Waals surface area contributed by atoms with Crippen LogP contribution in [0.2, 0.25) is 0 Å². The largest absolute Gasteiger partial charge is 0.450 e.